The van der Waals surface area contributed by atoms with Gasteiger partial charge < -0.3 is 19.7 Å². The van der Waals surface area contributed by atoms with Crippen molar-refractivity contribution in [1.29, 1.82) is 0 Å². The fourth-order valence-corrected chi connectivity index (χ4v) is 6.04. The van der Waals surface area contributed by atoms with Crippen LogP contribution in [-0.2, 0) is 26.2 Å². The molecule has 10 heteroatoms. The average Bonchev–Trinajstić information content (AvgIpc) is 3.00. The van der Waals surface area contributed by atoms with Crippen molar-refractivity contribution in [3.8, 4) is 11.5 Å². The Hall–Kier alpha value is -4.05. The molecule has 0 spiro atoms. The number of anilines is 1. The predicted molar refractivity (Wildman–Crippen MR) is 169 cm³/mol. The molecular weight excluding hydrogens is 566 g/mol. The van der Waals surface area contributed by atoms with E-state index in [4.69, 9.17) is 9.47 Å². The predicted octanol–water partition coefficient (Wildman–Crippen LogP) is 5.32. The van der Waals surface area contributed by atoms with E-state index in [1.165, 1.54) is 17.0 Å². The molecule has 0 aromatic heterocycles. The van der Waals surface area contributed by atoms with Gasteiger partial charge in [0.2, 0.25) is 11.8 Å². The van der Waals surface area contributed by atoms with Crippen LogP contribution in [0.2, 0.25) is 0 Å². The fourth-order valence-electron chi connectivity index (χ4n) is 4.62. The first kappa shape index (κ1) is 33.5. The third kappa shape index (κ3) is 8.50. The number of nitrogens with zero attached hydrogens (tertiary/aromatic N) is 2. The molecule has 0 aliphatic carbocycles. The van der Waals surface area contributed by atoms with Gasteiger partial charge in [0.15, 0.2) is 0 Å². The maximum atomic E-state index is 14.3. The van der Waals surface area contributed by atoms with Gasteiger partial charge in [-0.3, -0.25) is 13.9 Å². The van der Waals surface area contributed by atoms with Gasteiger partial charge >= 0.3 is 0 Å². The van der Waals surface area contributed by atoms with Crippen molar-refractivity contribution < 1.29 is 27.5 Å². The number of para-hydroxylation sites is 2. The highest BCUT2D eigenvalue weighted by atomic mass is 32.2. The molecule has 2 amide bonds. The van der Waals surface area contributed by atoms with E-state index in [1.54, 1.807) is 62.6 Å². The van der Waals surface area contributed by atoms with Gasteiger partial charge in [-0.25, -0.2) is 8.42 Å². The zero-order valence-corrected chi connectivity index (χ0v) is 26.7. The number of methoxy groups -OCH3 is 1. The summed E-state index contributed by atoms with van der Waals surface area (Å²) in [6.07, 6.45) is 1.06. The lowest BCUT2D eigenvalue weighted by Gasteiger charge is -2.34. The smallest absolute Gasteiger partial charge is 0.264 e. The van der Waals surface area contributed by atoms with Crippen molar-refractivity contribution in [2.45, 2.75) is 71.0 Å². The van der Waals surface area contributed by atoms with E-state index >= 15 is 0 Å². The molecule has 9 nitrogen and oxygen atoms in total. The lowest BCUT2D eigenvalue weighted by atomic mass is 10.1. The van der Waals surface area contributed by atoms with Crippen LogP contribution in [0.4, 0.5) is 5.69 Å². The lowest BCUT2D eigenvalue weighted by Crippen LogP contribution is -2.53. The van der Waals surface area contributed by atoms with Crippen LogP contribution in [0.5, 0.6) is 11.5 Å². The standard InChI is InChI=1S/C33H43N3O6S/c1-7-25(5)34-33(38)29(8-2)35(22-26-13-12-14-27(21-26)41-6)32(37)23-36(30-15-10-11-16-31(30)42-9-3)43(39,40)28-19-17-24(4)18-20-28/h10-21,25,29H,7-9,22-23H2,1-6H3,(H,34,38)/t25-,29+/m1/s1. The second kappa shape index (κ2) is 15.4. The summed E-state index contributed by atoms with van der Waals surface area (Å²) in [4.78, 5) is 29.3. The van der Waals surface area contributed by atoms with Crippen LogP contribution >= 0.6 is 0 Å². The van der Waals surface area contributed by atoms with Gasteiger partial charge in [-0.15, -0.1) is 0 Å². The SMILES string of the molecule is CCOc1ccccc1N(CC(=O)N(Cc1cccc(OC)c1)[C@@H](CC)C(=O)N[C@H](C)CC)S(=O)(=O)c1ccc(C)cc1. The molecule has 0 bridgehead atoms. The van der Waals surface area contributed by atoms with Gasteiger partial charge in [-0.1, -0.05) is 55.8 Å². The van der Waals surface area contributed by atoms with Gasteiger partial charge in [0.05, 0.1) is 24.3 Å². The molecule has 3 aromatic rings. The first-order valence-electron chi connectivity index (χ1n) is 14.6. The van der Waals surface area contributed by atoms with E-state index in [1.807, 2.05) is 39.8 Å². The van der Waals surface area contributed by atoms with E-state index in [0.717, 1.165) is 21.9 Å². The van der Waals surface area contributed by atoms with Crippen LogP contribution in [0.1, 0.15) is 51.7 Å². The molecule has 0 heterocycles. The van der Waals surface area contributed by atoms with Crippen molar-refractivity contribution in [1.82, 2.24) is 10.2 Å². The summed E-state index contributed by atoms with van der Waals surface area (Å²) in [5.41, 5.74) is 1.88. The molecule has 2 atom stereocenters. The van der Waals surface area contributed by atoms with E-state index < -0.39 is 28.5 Å². The lowest BCUT2D eigenvalue weighted by molar-refractivity contribution is -0.140. The molecule has 1 N–H and O–H groups in total. The molecule has 0 unspecified atom stereocenters. The minimum atomic E-state index is -4.21. The van der Waals surface area contributed by atoms with Gasteiger partial charge in [-0.2, -0.15) is 0 Å². The van der Waals surface area contributed by atoms with E-state index in [2.05, 4.69) is 5.32 Å². The highest BCUT2D eigenvalue weighted by molar-refractivity contribution is 7.92. The summed E-state index contributed by atoms with van der Waals surface area (Å²) in [5.74, 6) is 0.109. The number of hydrogen-bond donors (Lipinski definition) is 1. The third-order valence-corrected chi connectivity index (χ3v) is 8.97. The topological polar surface area (TPSA) is 105 Å². The minimum absolute atomic E-state index is 0.0399. The highest BCUT2D eigenvalue weighted by Gasteiger charge is 2.35. The normalized spacial score (nSPS) is 12.6. The Bertz CT molecular complexity index is 1480. The molecule has 0 saturated carbocycles. The maximum Gasteiger partial charge on any atom is 0.264 e. The maximum absolute atomic E-state index is 14.3. The Kier molecular flexibility index (Phi) is 12.0. The zero-order valence-electron chi connectivity index (χ0n) is 25.9. The van der Waals surface area contributed by atoms with Crippen LogP contribution in [0.25, 0.3) is 0 Å². The van der Waals surface area contributed by atoms with E-state index in [0.29, 0.717) is 24.5 Å². The summed E-state index contributed by atoms with van der Waals surface area (Å²) in [5, 5.41) is 2.99. The number of ether oxygens (including phenoxy) is 2. The quantitative estimate of drug-likeness (QED) is 0.250. The van der Waals surface area contributed by atoms with Crippen LogP contribution in [0.15, 0.2) is 77.7 Å². The van der Waals surface area contributed by atoms with Crippen LogP contribution in [0, 0.1) is 6.92 Å². The number of carbonyl (C=O) groups excluding carboxylic acids is 2. The summed E-state index contributed by atoms with van der Waals surface area (Å²) in [6, 6.07) is 19.5. The second-order valence-electron chi connectivity index (χ2n) is 10.3. The Morgan fingerprint density at radius 2 is 1.63 bits per heavy atom. The Balaban J connectivity index is 2.12. The monoisotopic (exact) mass is 609 g/mol. The number of aryl methyl sites for hydroxylation is 1. The van der Waals surface area contributed by atoms with Gasteiger partial charge in [0.25, 0.3) is 10.0 Å². The molecular formula is C33H43N3O6S. The molecule has 0 aliphatic rings. The number of benzene rings is 3. The molecule has 232 valence electrons. The molecule has 0 aliphatic heterocycles. The molecule has 43 heavy (non-hydrogen) atoms. The number of nitrogens with one attached hydrogen (secondary N) is 1. The Morgan fingerprint density at radius 1 is 0.930 bits per heavy atom. The van der Waals surface area contributed by atoms with Gasteiger partial charge in [0.1, 0.15) is 24.1 Å². The summed E-state index contributed by atoms with van der Waals surface area (Å²) in [6.45, 7) is 9.21. The number of amides is 2. The molecule has 0 saturated heterocycles. The number of carbonyl (C=O) groups is 2. The van der Waals surface area contributed by atoms with Crippen LogP contribution in [-0.4, -0.2) is 57.5 Å². The molecule has 0 fully saturated rings. The number of sulfonamides is 1. The average molecular weight is 610 g/mol. The summed E-state index contributed by atoms with van der Waals surface area (Å²) in [7, 11) is -2.66. The van der Waals surface area contributed by atoms with E-state index in [-0.39, 0.29) is 29.1 Å². The van der Waals surface area contributed by atoms with Crippen molar-refractivity contribution in [2.24, 2.45) is 0 Å². The minimum Gasteiger partial charge on any atom is -0.497 e. The molecule has 3 rings (SSSR count). The fraction of sp³-hybridized carbons (Fsp3) is 0.394. The first-order valence-corrected chi connectivity index (χ1v) is 16.0. The highest BCUT2D eigenvalue weighted by Crippen LogP contribution is 2.33. The van der Waals surface area contributed by atoms with Crippen molar-refractivity contribution in [3.05, 3.63) is 83.9 Å². The number of rotatable bonds is 15. The number of hydrogen-bond acceptors (Lipinski definition) is 6. The second-order valence-corrected chi connectivity index (χ2v) is 12.2. The molecule has 3 aromatic carbocycles. The van der Waals surface area contributed by atoms with Crippen molar-refractivity contribution in [3.63, 3.8) is 0 Å². The van der Waals surface area contributed by atoms with Gasteiger partial charge in [0, 0.05) is 12.6 Å². The summed E-state index contributed by atoms with van der Waals surface area (Å²) < 4.78 is 40.6. The van der Waals surface area contributed by atoms with E-state index in [9.17, 15) is 18.0 Å². The Morgan fingerprint density at radius 3 is 2.26 bits per heavy atom. The molecule has 0 radical (unpaired) electrons. The van der Waals surface area contributed by atoms with Crippen LogP contribution < -0.4 is 19.1 Å². The van der Waals surface area contributed by atoms with Crippen LogP contribution in [0.3, 0.4) is 0 Å². The van der Waals surface area contributed by atoms with Crippen molar-refractivity contribution in [2.75, 3.05) is 24.6 Å². The first-order chi connectivity index (χ1) is 20.5. The van der Waals surface area contributed by atoms with Crippen molar-refractivity contribution >= 4 is 27.5 Å². The van der Waals surface area contributed by atoms with Gasteiger partial charge in [-0.05, 0) is 75.6 Å². The largest absolute Gasteiger partial charge is 0.497 e. The zero-order chi connectivity index (χ0) is 31.6. The summed E-state index contributed by atoms with van der Waals surface area (Å²) >= 11 is 0. The third-order valence-electron chi connectivity index (χ3n) is 7.20. The Labute approximate surface area is 255 Å².